The van der Waals surface area contributed by atoms with Crippen molar-refractivity contribution in [3.05, 3.63) is 24.3 Å². The van der Waals surface area contributed by atoms with E-state index in [0.29, 0.717) is 18.3 Å². The van der Waals surface area contributed by atoms with Gasteiger partial charge in [-0.2, -0.15) is 8.78 Å². The highest BCUT2D eigenvalue weighted by Gasteiger charge is 2.29. The van der Waals surface area contributed by atoms with Crippen molar-refractivity contribution in [3.63, 3.8) is 0 Å². The van der Waals surface area contributed by atoms with Crippen molar-refractivity contribution in [1.29, 1.82) is 0 Å². The summed E-state index contributed by atoms with van der Waals surface area (Å²) in [4.78, 5) is 9.27. The molecule has 1 aliphatic carbocycles. The first-order valence-corrected chi connectivity index (χ1v) is 10.5. The zero-order chi connectivity index (χ0) is 20.8. The molecule has 2 atom stereocenters. The van der Waals surface area contributed by atoms with Gasteiger partial charge in [0.25, 0.3) is 0 Å². The normalized spacial score (nSPS) is 21.0. The maximum atomic E-state index is 12.7. The Morgan fingerprint density at radius 1 is 1.31 bits per heavy atom. The number of benzene rings is 1. The van der Waals surface area contributed by atoms with E-state index in [1.54, 1.807) is 12.1 Å². The molecule has 2 aliphatic rings. The molecule has 0 radical (unpaired) electrons. The minimum atomic E-state index is -2.82. The van der Waals surface area contributed by atoms with E-state index in [1.807, 2.05) is 12.1 Å². The molecule has 0 spiro atoms. The number of guanidine groups is 1. The standard InChI is InChI=1S/C21H33F2N5O/c1-4-24-21(25-13-15(2)27(3)17-9-10-17)26-16-11-12-28(14-16)18-7-5-6-8-19(18)29-20(22)23/h5-8,15-17,20H,4,9-14H2,1-3H3,(H2,24,25,26). The molecule has 2 unspecified atom stereocenters. The summed E-state index contributed by atoms with van der Waals surface area (Å²) in [6.45, 7) is 4.46. The Bertz CT molecular complexity index is 683. The lowest BCUT2D eigenvalue weighted by atomic mass is 10.2. The summed E-state index contributed by atoms with van der Waals surface area (Å²) in [6, 6.07) is 8.29. The van der Waals surface area contributed by atoms with Crippen LogP contribution in [0.25, 0.3) is 0 Å². The highest BCUT2D eigenvalue weighted by molar-refractivity contribution is 5.80. The first-order chi connectivity index (χ1) is 14.0. The molecule has 3 rings (SSSR count). The van der Waals surface area contributed by atoms with Gasteiger partial charge in [0.1, 0.15) is 5.75 Å². The third-order valence-electron chi connectivity index (χ3n) is 5.63. The molecular formula is C21H33F2N5O. The monoisotopic (exact) mass is 409 g/mol. The Kier molecular flexibility index (Phi) is 7.52. The summed E-state index contributed by atoms with van der Waals surface area (Å²) < 4.78 is 30.1. The molecule has 0 aromatic heterocycles. The van der Waals surface area contributed by atoms with Gasteiger partial charge >= 0.3 is 6.61 Å². The molecule has 1 saturated carbocycles. The molecule has 0 bridgehead atoms. The molecule has 8 heteroatoms. The Morgan fingerprint density at radius 3 is 2.76 bits per heavy atom. The zero-order valence-corrected chi connectivity index (χ0v) is 17.6. The second-order valence-electron chi connectivity index (χ2n) is 7.89. The van der Waals surface area contributed by atoms with E-state index in [1.165, 1.54) is 12.8 Å². The van der Waals surface area contributed by atoms with Crippen molar-refractivity contribution >= 4 is 11.6 Å². The van der Waals surface area contributed by atoms with Gasteiger partial charge in [0, 0.05) is 37.8 Å². The topological polar surface area (TPSA) is 52.1 Å². The van der Waals surface area contributed by atoms with Crippen molar-refractivity contribution < 1.29 is 13.5 Å². The van der Waals surface area contributed by atoms with E-state index in [4.69, 9.17) is 4.99 Å². The van der Waals surface area contributed by atoms with E-state index >= 15 is 0 Å². The van der Waals surface area contributed by atoms with Gasteiger partial charge < -0.3 is 20.3 Å². The summed E-state index contributed by atoms with van der Waals surface area (Å²) >= 11 is 0. The maximum Gasteiger partial charge on any atom is 0.387 e. The van der Waals surface area contributed by atoms with Crippen LogP contribution in [0.1, 0.15) is 33.1 Å². The second-order valence-corrected chi connectivity index (χ2v) is 7.89. The van der Waals surface area contributed by atoms with Crippen LogP contribution < -0.4 is 20.3 Å². The molecule has 1 heterocycles. The van der Waals surface area contributed by atoms with Crippen LogP contribution in [0.2, 0.25) is 0 Å². The quantitative estimate of drug-likeness (QED) is 0.485. The number of nitrogens with one attached hydrogen (secondary N) is 2. The summed E-state index contributed by atoms with van der Waals surface area (Å²) in [6.07, 6.45) is 3.49. The van der Waals surface area contributed by atoms with Crippen LogP contribution in [0.3, 0.4) is 0 Å². The van der Waals surface area contributed by atoms with Gasteiger partial charge in [-0.05, 0) is 52.3 Å². The molecule has 1 aliphatic heterocycles. The number of ether oxygens (including phenoxy) is 1. The number of hydrogen-bond acceptors (Lipinski definition) is 4. The lowest BCUT2D eigenvalue weighted by Crippen LogP contribution is -2.45. The first kappa shape index (κ1) is 21.6. The fourth-order valence-electron chi connectivity index (χ4n) is 3.72. The van der Waals surface area contributed by atoms with Gasteiger partial charge in [0.05, 0.1) is 12.2 Å². The number of anilines is 1. The average Bonchev–Trinajstić information content (AvgIpc) is 3.44. The van der Waals surface area contributed by atoms with E-state index < -0.39 is 6.61 Å². The minimum Gasteiger partial charge on any atom is -0.433 e. The van der Waals surface area contributed by atoms with Gasteiger partial charge in [-0.25, -0.2) is 0 Å². The number of hydrogen-bond donors (Lipinski definition) is 2. The summed E-state index contributed by atoms with van der Waals surface area (Å²) in [5.41, 5.74) is 0.707. The van der Waals surface area contributed by atoms with Crippen LogP contribution in [-0.4, -0.2) is 68.8 Å². The molecule has 1 aromatic carbocycles. The number of rotatable bonds is 9. The molecule has 6 nitrogen and oxygen atoms in total. The largest absolute Gasteiger partial charge is 0.433 e. The van der Waals surface area contributed by atoms with E-state index in [9.17, 15) is 8.78 Å². The Labute approximate surface area is 172 Å². The fourth-order valence-corrected chi connectivity index (χ4v) is 3.72. The highest BCUT2D eigenvalue weighted by Crippen LogP contribution is 2.31. The van der Waals surface area contributed by atoms with E-state index in [-0.39, 0.29) is 11.8 Å². The molecule has 2 fully saturated rings. The minimum absolute atomic E-state index is 0.198. The van der Waals surface area contributed by atoms with Crippen LogP contribution >= 0.6 is 0 Å². The third kappa shape index (κ3) is 6.19. The number of aliphatic imine (C=N–C) groups is 1. The third-order valence-corrected chi connectivity index (χ3v) is 5.63. The van der Waals surface area contributed by atoms with Crippen LogP contribution in [-0.2, 0) is 0 Å². The van der Waals surface area contributed by atoms with Crippen LogP contribution in [0, 0.1) is 0 Å². The molecule has 0 amide bonds. The predicted molar refractivity (Wildman–Crippen MR) is 113 cm³/mol. The van der Waals surface area contributed by atoms with Crippen molar-refractivity contribution in [1.82, 2.24) is 15.5 Å². The second kappa shape index (κ2) is 10.1. The van der Waals surface area contributed by atoms with Crippen LogP contribution in [0.5, 0.6) is 5.75 Å². The molecule has 1 saturated heterocycles. The van der Waals surface area contributed by atoms with Gasteiger partial charge in [-0.3, -0.25) is 9.89 Å². The molecule has 162 valence electrons. The van der Waals surface area contributed by atoms with Gasteiger partial charge in [-0.15, -0.1) is 0 Å². The zero-order valence-electron chi connectivity index (χ0n) is 17.6. The Morgan fingerprint density at radius 2 is 2.07 bits per heavy atom. The van der Waals surface area contributed by atoms with E-state index in [2.05, 4.69) is 46.1 Å². The van der Waals surface area contributed by atoms with Gasteiger partial charge in [-0.1, -0.05) is 12.1 Å². The van der Waals surface area contributed by atoms with Gasteiger partial charge in [0.15, 0.2) is 5.96 Å². The van der Waals surface area contributed by atoms with Crippen LogP contribution in [0.15, 0.2) is 29.3 Å². The molecule has 1 aromatic rings. The SMILES string of the molecule is CCNC(=NCC(C)N(C)C1CC1)NC1CCN(c2ccccc2OC(F)F)C1. The summed E-state index contributed by atoms with van der Waals surface area (Å²) in [5.74, 6) is 1.04. The van der Waals surface area contributed by atoms with Gasteiger partial charge in [0.2, 0.25) is 0 Å². The fraction of sp³-hybridized carbons (Fsp3) is 0.667. The highest BCUT2D eigenvalue weighted by atomic mass is 19.3. The number of alkyl halides is 2. The molecule has 29 heavy (non-hydrogen) atoms. The average molecular weight is 410 g/mol. The van der Waals surface area contributed by atoms with Crippen molar-refractivity contribution in [2.75, 3.05) is 38.1 Å². The van der Waals surface area contributed by atoms with Crippen molar-refractivity contribution in [2.24, 2.45) is 4.99 Å². The lowest BCUT2D eigenvalue weighted by molar-refractivity contribution is -0.0495. The summed E-state index contributed by atoms with van der Waals surface area (Å²) in [7, 11) is 2.17. The predicted octanol–water partition coefficient (Wildman–Crippen LogP) is 2.90. The first-order valence-electron chi connectivity index (χ1n) is 10.5. The van der Waals surface area contributed by atoms with Crippen molar-refractivity contribution in [2.45, 2.75) is 57.8 Å². The summed E-state index contributed by atoms with van der Waals surface area (Å²) in [5, 5.41) is 6.82. The number of nitrogens with zero attached hydrogens (tertiary/aromatic N) is 3. The molecule has 2 N–H and O–H groups in total. The molecular weight excluding hydrogens is 376 g/mol. The Hall–Kier alpha value is -2.09. The number of likely N-dealkylation sites (N-methyl/N-ethyl adjacent to an activating group) is 1. The van der Waals surface area contributed by atoms with E-state index in [0.717, 1.165) is 38.1 Å². The Balaban J connectivity index is 1.57. The smallest absolute Gasteiger partial charge is 0.387 e. The lowest BCUT2D eigenvalue weighted by Gasteiger charge is -2.24. The number of halogens is 2. The van der Waals surface area contributed by atoms with Crippen LogP contribution in [0.4, 0.5) is 14.5 Å². The number of para-hydroxylation sites is 2. The maximum absolute atomic E-state index is 12.7. The van der Waals surface area contributed by atoms with Crippen molar-refractivity contribution in [3.8, 4) is 5.75 Å².